The summed E-state index contributed by atoms with van der Waals surface area (Å²) in [6.45, 7) is 0. The van der Waals surface area contributed by atoms with Crippen LogP contribution in [-0.2, 0) is 7.05 Å². The van der Waals surface area contributed by atoms with E-state index in [1.807, 2.05) is 31.4 Å². The molecule has 0 radical (unpaired) electrons. The van der Waals surface area contributed by atoms with Crippen LogP contribution in [0.5, 0.6) is 0 Å². The van der Waals surface area contributed by atoms with Crippen LogP contribution in [0.2, 0.25) is 0 Å². The zero-order chi connectivity index (χ0) is 18.4. The predicted octanol–water partition coefficient (Wildman–Crippen LogP) is 5.46. The van der Waals surface area contributed by atoms with Crippen molar-refractivity contribution in [3.63, 3.8) is 0 Å². The third-order valence-electron chi connectivity index (χ3n) is 3.23. The van der Waals surface area contributed by atoms with Gasteiger partial charge in [-0.2, -0.15) is 0 Å². The van der Waals surface area contributed by atoms with Gasteiger partial charge in [0.15, 0.2) is 7.05 Å². The molecule has 0 aliphatic rings. The van der Waals surface area contributed by atoms with Crippen LogP contribution >= 0.6 is 11.8 Å². The molecule has 0 aliphatic carbocycles. The van der Waals surface area contributed by atoms with E-state index in [4.69, 9.17) is 4.52 Å². The second-order valence-electron chi connectivity index (χ2n) is 5.10. The lowest BCUT2D eigenvalue weighted by Crippen LogP contribution is -2.22. The largest absolute Gasteiger partial charge is 0.673 e. The number of rotatable bonds is 3. The van der Waals surface area contributed by atoms with Crippen LogP contribution in [0.15, 0.2) is 70.2 Å². The molecule has 8 heteroatoms. The Morgan fingerprint density at radius 2 is 1.44 bits per heavy atom. The van der Waals surface area contributed by atoms with E-state index in [-0.39, 0.29) is 0 Å². The molecule has 0 bridgehead atoms. The van der Waals surface area contributed by atoms with Gasteiger partial charge in [0.25, 0.3) is 0 Å². The maximum Gasteiger partial charge on any atom is 0.673 e. The summed E-state index contributed by atoms with van der Waals surface area (Å²) in [6, 6.07) is 18.8. The fraction of sp³-hybridized carbons (Fsp3) is 0.118. The Labute approximate surface area is 147 Å². The van der Waals surface area contributed by atoms with Gasteiger partial charge in [0.05, 0.1) is 0 Å². The second-order valence-corrected chi connectivity index (χ2v) is 5.98. The van der Waals surface area contributed by atoms with Crippen molar-refractivity contribution in [1.82, 2.24) is 0 Å². The minimum Gasteiger partial charge on any atom is -0.418 e. The molecular formula is C17H16BF4NOS. The standard InChI is InChI=1S/C17H16NOS.BF4/c1-18-12-16(13-6-4-3-5-7-13)17(19-18)14-8-10-15(20-2)11-9-14;2-1(3,4)5/h3-12H,1-2H3;/q+1;-1. The number of hydrogen-bond donors (Lipinski definition) is 0. The third kappa shape index (κ3) is 5.97. The number of nitrogens with zero attached hydrogens (tertiary/aromatic N) is 1. The lowest BCUT2D eigenvalue weighted by molar-refractivity contribution is -0.843. The van der Waals surface area contributed by atoms with Crippen LogP contribution in [0.4, 0.5) is 17.3 Å². The molecule has 0 atom stereocenters. The average molecular weight is 369 g/mol. The van der Waals surface area contributed by atoms with Crippen molar-refractivity contribution in [2.75, 3.05) is 6.26 Å². The summed E-state index contributed by atoms with van der Waals surface area (Å²) in [5, 5.41) is 0. The van der Waals surface area contributed by atoms with Gasteiger partial charge in [-0.3, -0.25) is 0 Å². The van der Waals surface area contributed by atoms with Gasteiger partial charge in [-0.25, -0.2) is 4.52 Å². The zero-order valence-electron chi connectivity index (χ0n) is 13.6. The molecule has 0 N–H and O–H groups in total. The lowest BCUT2D eigenvalue weighted by Gasteiger charge is -2.00. The van der Waals surface area contributed by atoms with Gasteiger partial charge in [0.2, 0.25) is 12.0 Å². The molecule has 0 fully saturated rings. The van der Waals surface area contributed by atoms with Crippen molar-refractivity contribution < 1.29 is 26.5 Å². The van der Waals surface area contributed by atoms with Crippen LogP contribution in [0.25, 0.3) is 22.5 Å². The number of hydrogen-bond acceptors (Lipinski definition) is 2. The number of thioether (sulfide) groups is 1. The highest BCUT2D eigenvalue weighted by atomic mass is 32.2. The molecule has 1 heterocycles. The number of aromatic nitrogens is 1. The van der Waals surface area contributed by atoms with Crippen LogP contribution in [0.1, 0.15) is 0 Å². The Kier molecular flexibility index (Phi) is 6.30. The maximum absolute atomic E-state index is 9.75. The van der Waals surface area contributed by atoms with Crippen molar-refractivity contribution in [3.05, 3.63) is 60.8 Å². The fourth-order valence-corrected chi connectivity index (χ4v) is 2.64. The van der Waals surface area contributed by atoms with Crippen LogP contribution in [0.3, 0.4) is 0 Å². The van der Waals surface area contributed by atoms with Crippen molar-refractivity contribution in [3.8, 4) is 22.5 Å². The summed E-state index contributed by atoms with van der Waals surface area (Å²) in [6.07, 6.45) is 4.10. The first-order valence-corrected chi connectivity index (χ1v) is 8.57. The minimum absolute atomic E-state index is 0.909. The highest BCUT2D eigenvalue weighted by molar-refractivity contribution is 7.98. The molecule has 0 aliphatic heterocycles. The molecule has 1 aromatic heterocycles. The van der Waals surface area contributed by atoms with E-state index in [1.165, 1.54) is 10.5 Å². The molecule has 2 nitrogen and oxygen atoms in total. The highest BCUT2D eigenvalue weighted by Gasteiger charge is 2.20. The van der Waals surface area contributed by atoms with Crippen LogP contribution < -0.4 is 4.74 Å². The van der Waals surface area contributed by atoms with E-state index < -0.39 is 7.25 Å². The topological polar surface area (TPSA) is 17.0 Å². The van der Waals surface area contributed by atoms with Crippen molar-refractivity contribution in [2.45, 2.75) is 4.90 Å². The maximum atomic E-state index is 9.75. The summed E-state index contributed by atoms with van der Waals surface area (Å²) in [5.41, 5.74) is 3.38. The SMILES string of the molecule is CSc1ccc(-c2o[n+](C)cc2-c2ccccc2)cc1.F[B-](F)(F)F. The average Bonchev–Trinajstić information content (AvgIpc) is 2.96. The quantitative estimate of drug-likeness (QED) is 0.264. The van der Waals surface area contributed by atoms with Gasteiger partial charge < -0.3 is 17.3 Å². The molecule has 25 heavy (non-hydrogen) atoms. The molecule has 0 unspecified atom stereocenters. The second kappa shape index (κ2) is 8.25. The van der Waals surface area contributed by atoms with Gasteiger partial charge in [-0.05, 0) is 40.8 Å². The van der Waals surface area contributed by atoms with Gasteiger partial charge >= 0.3 is 7.25 Å². The monoisotopic (exact) mass is 369 g/mol. The highest BCUT2D eigenvalue weighted by Crippen LogP contribution is 2.32. The smallest absolute Gasteiger partial charge is 0.418 e. The summed E-state index contributed by atoms with van der Waals surface area (Å²) < 4.78 is 46.6. The lowest BCUT2D eigenvalue weighted by atomic mass is 10.0. The van der Waals surface area contributed by atoms with E-state index in [0.29, 0.717) is 0 Å². The Morgan fingerprint density at radius 3 is 1.96 bits per heavy atom. The van der Waals surface area contributed by atoms with E-state index >= 15 is 0 Å². The molecular weight excluding hydrogens is 353 g/mol. The Morgan fingerprint density at radius 1 is 0.880 bits per heavy atom. The fourth-order valence-electron chi connectivity index (χ4n) is 2.23. The van der Waals surface area contributed by atoms with Gasteiger partial charge in [0.1, 0.15) is 5.56 Å². The van der Waals surface area contributed by atoms with Gasteiger partial charge in [-0.15, -0.1) is 11.8 Å². The molecule has 0 saturated carbocycles. The predicted molar refractivity (Wildman–Crippen MR) is 92.7 cm³/mol. The van der Waals surface area contributed by atoms with Gasteiger partial charge in [-0.1, -0.05) is 30.3 Å². The summed E-state index contributed by atoms with van der Waals surface area (Å²) in [7, 11) is -4.09. The van der Waals surface area contributed by atoms with Crippen LogP contribution in [0, 0.1) is 0 Å². The molecule has 132 valence electrons. The van der Waals surface area contributed by atoms with Crippen molar-refractivity contribution >= 4 is 19.0 Å². The van der Waals surface area contributed by atoms with Crippen molar-refractivity contribution in [2.24, 2.45) is 7.05 Å². The summed E-state index contributed by atoms with van der Waals surface area (Å²) in [5.74, 6) is 0.909. The molecule has 0 saturated heterocycles. The Bertz CT molecular complexity index is 798. The zero-order valence-corrected chi connectivity index (χ0v) is 14.4. The molecule has 3 aromatic rings. The van der Waals surface area contributed by atoms with Gasteiger partial charge in [0, 0.05) is 10.5 Å². The van der Waals surface area contributed by atoms with Crippen molar-refractivity contribution in [1.29, 1.82) is 0 Å². The first kappa shape index (κ1) is 19.1. The molecule has 2 aromatic carbocycles. The Balaban J connectivity index is 0.000000399. The van der Waals surface area contributed by atoms with E-state index in [0.717, 1.165) is 16.9 Å². The van der Waals surface area contributed by atoms with E-state index in [1.54, 1.807) is 16.5 Å². The third-order valence-corrected chi connectivity index (χ3v) is 3.97. The number of benzene rings is 2. The normalized spacial score (nSPS) is 11.0. The molecule has 3 rings (SSSR count). The number of aryl methyl sites for hydroxylation is 1. The number of halogens is 4. The molecule has 0 amide bonds. The Hall–Kier alpha value is -2.22. The van der Waals surface area contributed by atoms with Crippen LogP contribution in [-0.4, -0.2) is 13.5 Å². The van der Waals surface area contributed by atoms with E-state index in [9.17, 15) is 17.3 Å². The first-order chi connectivity index (χ1) is 11.8. The minimum atomic E-state index is -6.00. The summed E-state index contributed by atoms with van der Waals surface area (Å²) >= 11 is 1.74. The molecule has 0 spiro atoms. The first-order valence-electron chi connectivity index (χ1n) is 7.35. The van der Waals surface area contributed by atoms with E-state index in [2.05, 4.69) is 42.7 Å². The summed E-state index contributed by atoms with van der Waals surface area (Å²) in [4.78, 5) is 1.26.